The molecule has 0 amide bonds. The Kier molecular flexibility index (Phi) is 4.51. The molecule has 0 aliphatic heterocycles. The monoisotopic (exact) mass is 261 g/mol. The minimum atomic E-state index is -0.363. The van der Waals surface area contributed by atoms with Crippen molar-refractivity contribution in [1.82, 2.24) is 0 Å². The summed E-state index contributed by atoms with van der Waals surface area (Å²) in [4.78, 5) is 0. The van der Waals surface area contributed by atoms with Gasteiger partial charge in [0.05, 0.1) is 0 Å². The molecule has 1 atom stereocenters. The molecule has 2 nitrogen and oxygen atoms in total. The van der Waals surface area contributed by atoms with Crippen molar-refractivity contribution in [3.8, 4) is 0 Å². The zero-order chi connectivity index (χ0) is 10.6. The Balaban J connectivity index is 2.82. The van der Waals surface area contributed by atoms with E-state index in [4.69, 9.17) is 10.8 Å². The molecule has 0 radical (unpaired) electrons. The number of aliphatic hydroxyl groups excluding tert-OH is 1. The Morgan fingerprint density at radius 1 is 1.50 bits per heavy atom. The van der Waals surface area contributed by atoms with Crippen molar-refractivity contribution in [2.45, 2.75) is 18.9 Å². The second kappa shape index (κ2) is 5.44. The fourth-order valence-corrected chi connectivity index (χ4v) is 1.96. The highest BCUT2D eigenvalue weighted by Gasteiger charge is 2.13. The molecule has 1 aromatic rings. The summed E-state index contributed by atoms with van der Waals surface area (Å²) in [5.74, 6) is -0.301. The maximum absolute atomic E-state index is 13.4. The molecule has 3 N–H and O–H groups in total. The smallest absolute Gasteiger partial charge is 0.129 e. The lowest BCUT2D eigenvalue weighted by atomic mass is 10.0. The first-order chi connectivity index (χ1) is 6.66. The van der Waals surface area contributed by atoms with Gasteiger partial charge >= 0.3 is 0 Å². The van der Waals surface area contributed by atoms with E-state index < -0.39 is 0 Å². The Hall–Kier alpha value is -0.450. The van der Waals surface area contributed by atoms with E-state index in [-0.39, 0.29) is 18.5 Å². The van der Waals surface area contributed by atoms with Crippen LogP contribution < -0.4 is 5.73 Å². The zero-order valence-corrected chi connectivity index (χ0v) is 9.30. The number of benzene rings is 1. The van der Waals surface area contributed by atoms with Crippen LogP contribution in [0.15, 0.2) is 22.7 Å². The number of rotatable bonds is 4. The molecule has 0 saturated heterocycles. The van der Waals surface area contributed by atoms with E-state index in [0.29, 0.717) is 22.9 Å². The zero-order valence-electron chi connectivity index (χ0n) is 7.71. The molecule has 0 saturated carbocycles. The van der Waals surface area contributed by atoms with Crippen molar-refractivity contribution in [3.63, 3.8) is 0 Å². The highest BCUT2D eigenvalue weighted by atomic mass is 79.9. The van der Waals surface area contributed by atoms with Crippen LogP contribution in [-0.4, -0.2) is 11.7 Å². The van der Waals surface area contributed by atoms with Crippen molar-refractivity contribution in [2.24, 2.45) is 5.73 Å². The Morgan fingerprint density at radius 2 is 2.21 bits per heavy atom. The maximum Gasteiger partial charge on any atom is 0.129 e. The lowest BCUT2D eigenvalue weighted by molar-refractivity contribution is 0.279. The fourth-order valence-electron chi connectivity index (χ4n) is 1.32. The van der Waals surface area contributed by atoms with Gasteiger partial charge in [0.2, 0.25) is 0 Å². The van der Waals surface area contributed by atoms with Gasteiger partial charge in [-0.05, 0) is 25.0 Å². The Labute approximate surface area is 91.1 Å². The van der Waals surface area contributed by atoms with E-state index in [9.17, 15) is 4.39 Å². The third kappa shape index (κ3) is 2.77. The summed E-state index contributed by atoms with van der Waals surface area (Å²) in [5, 5.41) is 8.64. The minimum absolute atomic E-state index is 0.0831. The molecule has 0 spiro atoms. The summed E-state index contributed by atoms with van der Waals surface area (Å²) in [6.45, 7) is 0.0831. The highest BCUT2D eigenvalue weighted by Crippen LogP contribution is 2.27. The quantitative estimate of drug-likeness (QED) is 0.874. The van der Waals surface area contributed by atoms with E-state index in [1.54, 1.807) is 12.1 Å². The molecule has 0 unspecified atom stereocenters. The van der Waals surface area contributed by atoms with Crippen LogP contribution in [0.25, 0.3) is 0 Å². The van der Waals surface area contributed by atoms with Crippen LogP contribution in [0.4, 0.5) is 4.39 Å². The van der Waals surface area contributed by atoms with Crippen LogP contribution in [0.3, 0.4) is 0 Å². The van der Waals surface area contributed by atoms with Gasteiger partial charge in [0.25, 0.3) is 0 Å². The van der Waals surface area contributed by atoms with Gasteiger partial charge in [-0.2, -0.15) is 0 Å². The van der Waals surface area contributed by atoms with Crippen molar-refractivity contribution in [1.29, 1.82) is 0 Å². The first kappa shape index (κ1) is 11.6. The largest absolute Gasteiger partial charge is 0.396 e. The predicted octanol–water partition coefficient (Wildman–Crippen LogP) is 2.36. The molecule has 14 heavy (non-hydrogen) atoms. The second-order valence-electron chi connectivity index (χ2n) is 3.11. The molecule has 0 fully saturated rings. The van der Waals surface area contributed by atoms with Crippen molar-refractivity contribution in [2.75, 3.05) is 6.61 Å². The summed E-state index contributed by atoms with van der Waals surface area (Å²) in [6.07, 6.45) is 1.16. The topological polar surface area (TPSA) is 46.2 Å². The lowest BCUT2D eigenvalue weighted by Crippen LogP contribution is -2.13. The van der Waals surface area contributed by atoms with Crippen LogP contribution in [-0.2, 0) is 0 Å². The number of nitrogens with two attached hydrogens (primary N) is 1. The van der Waals surface area contributed by atoms with Gasteiger partial charge in [-0.15, -0.1) is 0 Å². The van der Waals surface area contributed by atoms with Gasteiger partial charge in [0, 0.05) is 22.7 Å². The van der Waals surface area contributed by atoms with Gasteiger partial charge in [0.15, 0.2) is 0 Å². The summed E-state index contributed by atoms with van der Waals surface area (Å²) in [7, 11) is 0. The van der Waals surface area contributed by atoms with Gasteiger partial charge in [0.1, 0.15) is 5.82 Å². The summed E-state index contributed by atoms with van der Waals surface area (Å²) < 4.78 is 14.0. The number of halogens is 2. The van der Waals surface area contributed by atoms with Crippen LogP contribution in [0.2, 0.25) is 0 Å². The summed E-state index contributed by atoms with van der Waals surface area (Å²) in [6, 6.07) is 4.41. The third-order valence-corrected chi connectivity index (χ3v) is 2.74. The molecule has 1 rings (SSSR count). The van der Waals surface area contributed by atoms with Crippen LogP contribution >= 0.6 is 15.9 Å². The molecule has 4 heteroatoms. The van der Waals surface area contributed by atoms with E-state index in [0.717, 1.165) is 0 Å². The normalized spacial score (nSPS) is 12.9. The van der Waals surface area contributed by atoms with Crippen molar-refractivity contribution in [3.05, 3.63) is 34.1 Å². The number of hydrogen-bond donors (Lipinski definition) is 2. The van der Waals surface area contributed by atoms with Crippen molar-refractivity contribution < 1.29 is 9.50 Å². The summed E-state index contributed by atoms with van der Waals surface area (Å²) >= 11 is 3.26. The average molecular weight is 262 g/mol. The molecule has 0 aromatic heterocycles. The second-order valence-corrected chi connectivity index (χ2v) is 3.96. The molecule has 0 bridgehead atoms. The molecule has 78 valence electrons. The minimum Gasteiger partial charge on any atom is -0.396 e. The summed E-state index contributed by atoms with van der Waals surface area (Å²) in [5.41, 5.74) is 6.29. The number of hydrogen-bond acceptors (Lipinski definition) is 2. The SMILES string of the molecule is N[C@@H](CCCO)c1c(F)cccc1Br. The number of aliphatic hydroxyl groups is 1. The molecule has 0 aliphatic rings. The van der Waals surface area contributed by atoms with Gasteiger partial charge in [-0.1, -0.05) is 22.0 Å². The van der Waals surface area contributed by atoms with E-state index in [1.165, 1.54) is 6.07 Å². The first-order valence-electron chi connectivity index (χ1n) is 4.47. The molecule has 1 aromatic carbocycles. The highest BCUT2D eigenvalue weighted by molar-refractivity contribution is 9.10. The van der Waals surface area contributed by atoms with Gasteiger partial charge in [-0.25, -0.2) is 4.39 Å². The van der Waals surface area contributed by atoms with Gasteiger partial charge in [-0.3, -0.25) is 0 Å². The van der Waals surface area contributed by atoms with Crippen LogP contribution in [0.5, 0.6) is 0 Å². The fraction of sp³-hybridized carbons (Fsp3) is 0.400. The van der Waals surface area contributed by atoms with Gasteiger partial charge < -0.3 is 10.8 Å². The predicted molar refractivity (Wildman–Crippen MR) is 57.3 cm³/mol. The van der Waals surface area contributed by atoms with E-state index >= 15 is 0 Å². The maximum atomic E-state index is 13.4. The Bertz CT molecular complexity index is 286. The molecule has 0 heterocycles. The average Bonchev–Trinajstić information content (AvgIpc) is 2.14. The molecular weight excluding hydrogens is 249 g/mol. The van der Waals surface area contributed by atoms with Crippen molar-refractivity contribution >= 4 is 15.9 Å². The molecule has 0 aliphatic carbocycles. The Morgan fingerprint density at radius 3 is 2.79 bits per heavy atom. The molecular formula is C10H13BrFNO. The lowest BCUT2D eigenvalue weighted by Gasteiger charge is -2.13. The van der Waals surface area contributed by atoms with E-state index in [1.807, 2.05) is 0 Å². The van der Waals surface area contributed by atoms with Crippen LogP contribution in [0.1, 0.15) is 24.4 Å². The standard InChI is InChI=1S/C10H13BrFNO/c11-7-3-1-4-8(12)10(7)9(13)5-2-6-14/h1,3-4,9,14H,2,5-6,13H2/t9-/m0/s1. The van der Waals surface area contributed by atoms with Crippen LogP contribution in [0, 0.1) is 5.82 Å². The van der Waals surface area contributed by atoms with E-state index in [2.05, 4.69) is 15.9 Å². The third-order valence-electron chi connectivity index (χ3n) is 2.04. The first-order valence-corrected chi connectivity index (χ1v) is 5.26.